The second kappa shape index (κ2) is 7.61. The first kappa shape index (κ1) is 17.9. The Morgan fingerprint density at radius 2 is 1.00 bits per heavy atom. The summed E-state index contributed by atoms with van der Waals surface area (Å²) in [7, 11) is 0. The zero-order chi connectivity index (χ0) is 4.69. The van der Waals surface area contributed by atoms with Crippen LogP contribution in [0.15, 0.2) is 24.3 Å². The summed E-state index contributed by atoms with van der Waals surface area (Å²) < 4.78 is 0. The largest absolute Gasteiger partial charge is 3.00 e. The minimum absolute atomic E-state index is 0. The van der Waals surface area contributed by atoms with Crippen molar-refractivity contribution in [2.75, 3.05) is 0 Å². The Bertz CT molecular complexity index is 117. The average molecular weight is 301 g/mol. The molecule has 4 heteroatoms. The third kappa shape index (κ3) is 3.94. The monoisotopic (exact) mass is 300 g/mol. The number of fused-ring (bicyclic) bond motifs is 2. The van der Waals surface area contributed by atoms with Crippen LogP contribution in [0, 0.1) is 11.8 Å². The van der Waals surface area contributed by atoms with Crippen LogP contribution in [0.5, 0.6) is 0 Å². The van der Waals surface area contributed by atoms with Gasteiger partial charge in [0.2, 0.25) is 0 Å². The van der Waals surface area contributed by atoms with E-state index in [9.17, 15) is 0 Å². The van der Waals surface area contributed by atoms with Crippen LogP contribution in [-0.4, -0.2) is 0 Å². The van der Waals surface area contributed by atoms with Crippen LogP contribution in [0.1, 0.15) is 6.42 Å². The van der Waals surface area contributed by atoms with E-state index in [-0.39, 0.29) is 56.7 Å². The van der Waals surface area contributed by atoms with Crippen molar-refractivity contribution >= 4 is 0 Å². The average Bonchev–Trinajstić information content (AvgIpc) is 2.22. The molecule has 0 unspecified atom stereocenters. The van der Waals surface area contributed by atoms with E-state index < -0.39 is 0 Å². The smallest absolute Gasteiger partial charge is 1.00 e. The first-order valence-electron chi connectivity index (χ1n) is 2.82. The molecule has 0 nitrogen and oxygen atoms in total. The van der Waals surface area contributed by atoms with Crippen molar-refractivity contribution in [3.8, 4) is 0 Å². The summed E-state index contributed by atoms with van der Waals surface area (Å²) in [6.45, 7) is 0. The topological polar surface area (TPSA) is 0 Å². The molecule has 0 aromatic carbocycles. The molecule has 0 fully saturated rings. The van der Waals surface area contributed by atoms with Crippen LogP contribution in [0.25, 0.3) is 0 Å². The van der Waals surface area contributed by atoms with Gasteiger partial charge in [-0.25, -0.2) is 0 Å². The maximum absolute atomic E-state index is 2.30. The van der Waals surface area contributed by atoms with Crippen LogP contribution in [0.2, 0.25) is 0 Å². The van der Waals surface area contributed by atoms with Gasteiger partial charge in [0, 0.05) is 0 Å². The minimum atomic E-state index is 0. The number of hydrogen-bond donors (Lipinski definition) is 0. The van der Waals surface area contributed by atoms with Crippen molar-refractivity contribution in [2.24, 2.45) is 11.8 Å². The zero-order valence-corrected chi connectivity index (χ0v) is 9.54. The normalized spacial score (nSPS) is 27.6. The van der Waals surface area contributed by atoms with Crippen LogP contribution in [0.3, 0.4) is 0 Å². The van der Waals surface area contributed by atoms with Gasteiger partial charge in [-0.15, -0.1) is 0 Å². The molecule has 0 saturated heterocycles. The predicted octanol–water partition coefficient (Wildman–Crippen LogP) is -7.24. The van der Waals surface area contributed by atoms with E-state index in [0.717, 1.165) is 11.8 Å². The van der Waals surface area contributed by atoms with Crippen LogP contribution in [0.4, 0.5) is 0 Å². The van der Waals surface area contributed by atoms with Crippen LogP contribution in [-0.2, 0) is 19.5 Å². The number of halogens is 3. The van der Waals surface area contributed by atoms with Crippen molar-refractivity contribution in [3.05, 3.63) is 24.3 Å². The van der Waals surface area contributed by atoms with Gasteiger partial charge in [-0.1, -0.05) is 24.3 Å². The summed E-state index contributed by atoms with van der Waals surface area (Å²) >= 11 is 0. The molecule has 2 aliphatic carbocycles. The Labute approximate surface area is 98.9 Å². The molecule has 0 aliphatic heterocycles. The van der Waals surface area contributed by atoms with E-state index in [0.29, 0.717) is 0 Å². The first-order valence-corrected chi connectivity index (χ1v) is 2.82. The van der Waals surface area contributed by atoms with E-state index in [1.54, 1.807) is 0 Å². The first-order chi connectivity index (χ1) is 3.45. The molecule has 0 saturated carbocycles. The van der Waals surface area contributed by atoms with Crippen molar-refractivity contribution in [2.45, 2.75) is 6.42 Å². The molecule has 2 aliphatic rings. The molecule has 0 aromatic heterocycles. The van der Waals surface area contributed by atoms with Crippen molar-refractivity contribution in [1.29, 1.82) is 0 Å². The molecule has 0 radical (unpaired) electrons. The second-order valence-electron chi connectivity index (χ2n) is 2.33. The zero-order valence-electron chi connectivity index (χ0n) is 5.64. The molecule has 2 bridgehead atoms. The van der Waals surface area contributed by atoms with Crippen LogP contribution < -0.4 is 37.2 Å². The molecule has 0 heterocycles. The molecule has 0 amide bonds. The van der Waals surface area contributed by atoms with E-state index in [1.165, 1.54) is 6.42 Å². The molecule has 0 aromatic rings. The summed E-state index contributed by atoms with van der Waals surface area (Å²) in [4.78, 5) is 0. The maximum Gasteiger partial charge on any atom is 3.00 e. The molecular formula is C7H8Cl3Rh. The van der Waals surface area contributed by atoms with E-state index in [1.807, 2.05) is 0 Å². The Hall–Kier alpha value is 0.973. The fourth-order valence-electron chi connectivity index (χ4n) is 1.33. The fraction of sp³-hybridized carbons (Fsp3) is 0.429. The second-order valence-corrected chi connectivity index (χ2v) is 2.33. The quantitative estimate of drug-likeness (QED) is 0.308. The van der Waals surface area contributed by atoms with E-state index in [2.05, 4.69) is 24.3 Å². The van der Waals surface area contributed by atoms with Crippen molar-refractivity contribution in [3.63, 3.8) is 0 Å². The van der Waals surface area contributed by atoms with Crippen molar-refractivity contribution in [1.82, 2.24) is 0 Å². The third-order valence-electron chi connectivity index (χ3n) is 1.76. The van der Waals surface area contributed by atoms with E-state index in [4.69, 9.17) is 0 Å². The van der Waals surface area contributed by atoms with Gasteiger partial charge in [0.25, 0.3) is 0 Å². The van der Waals surface area contributed by atoms with Gasteiger partial charge in [-0.3, -0.25) is 0 Å². The summed E-state index contributed by atoms with van der Waals surface area (Å²) in [6, 6.07) is 0. The van der Waals surface area contributed by atoms with Gasteiger partial charge in [0.05, 0.1) is 0 Å². The molecule has 0 spiro atoms. The summed E-state index contributed by atoms with van der Waals surface area (Å²) in [5.41, 5.74) is 0. The van der Waals surface area contributed by atoms with Crippen molar-refractivity contribution < 1.29 is 56.7 Å². The molecule has 2 rings (SSSR count). The van der Waals surface area contributed by atoms with Gasteiger partial charge >= 0.3 is 19.5 Å². The third-order valence-corrected chi connectivity index (χ3v) is 1.76. The van der Waals surface area contributed by atoms with Gasteiger partial charge in [-0.2, -0.15) is 0 Å². The summed E-state index contributed by atoms with van der Waals surface area (Å²) in [5, 5.41) is 0. The fourth-order valence-corrected chi connectivity index (χ4v) is 1.33. The van der Waals surface area contributed by atoms with Gasteiger partial charge in [0.1, 0.15) is 0 Å². The molecular weight excluding hydrogens is 293 g/mol. The predicted molar refractivity (Wildman–Crippen MR) is 29.9 cm³/mol. The molecule has 11 heavy (non-hydrogen) atoms. The molecule has 0 N–H and O–H groups in total. The maximum atomic E-state index is 2.30. The standard InChI is InChI=1S/C7H8.3ClH.Rh/c1-2-7-4-3-6(1)5-7;;;;/h1-4,6-7H,5H2;3*1H;/q;;;;+3/p-3. The Kier molecular flexibility index (Phi) is 12.4. The molecule has 0 atom stereocenters. The Balaban J connectivity index is -0.000000160. The number of rotatable bonds is 0. The Morgan fingerprint density at radius 3 is 1.09 bits per heavy atom. The van der Waals surface area contributed by atoms with Crippen LogP contribution >= 0.6 is 0 Å². The van der Waals surface area contributed by atoms with Gasteiger partial charge in [-0.05, 0) is 18.3 Å². The Morgan fingerprint density at radius 1 is 0.727 bits per heavy atom. The molecule has 66 valence electrons. The SMILES string of the molecule is C1=CC2C=CC1C2.[Cl-].[Cl-].[Cl-].[Rh+3]. The number of hydrogen-bond acceptors (Lipinski definition) is 0. The van der Waals surface area contributed by atoms with Gasteiger partial charge in [0.15, 0.2) is 0 Å². The number of allylic oxidation sites excluding steroid dienone is 4. The van der Waals surface area contributed by atoms with Gasteiger partial charge < -0.3 is 37.2 Å². The van der Waals surface area contributed by atoms with E-state index >= 15 is 0 Å². The minimum Gasteiger partial charge on any atom is -1.00 e. The summed E-state index contributed by atoms with van der Waals surface area (Å²) in [6.07, 6.45) is 10.5. The summed E-state index contributed by atoms with van der Waals surface area (Å²) in [5.74, 6) is 1.62.